The van der Waals surface area contributed by atoms with Gasteiger partial charge in [0.1, 0.15) is 0 Å². The largest absolute Gasteiger partial charge is 0.462 e. The molecule has 0 radical (unpaired) electrons. The van der Waals surface area contributed by atoms with E-state index in [0.29, 0.717) is 18.6 Å². The van der Waals surface area contributed by atoms with Gasteiger partial charge in [0.05, 0.1) is 6.61 Å². The van der Waals surface area contributed by atoms with Crippen LogP contribution in [-0.4, -0.2) is 24.3 Å². The van der Waals surface area contributed by atoms with Gasteiger partial charge in [-0.05, 0) is 26.2 Å². The topological polar surface area (TPSA) is 46.5 Å². The van der Waals surface area contributed by atoms with Crippen molar-refractivity contribution in [3.05, 3.63) is 11.6 Å². The van der Waals surface area contributed by atoms with Gasteiger partial charge in [-0.1, -0.05) is 25.8 Å². The van der Waals surface area contributed by atoms with Crippen LogP contribution in [0.1, 0.15) is 46.0 Å². The molecule has 15 heavy (non-hydrogen) atoms. The van der Waals surface area contributed by atoms with Gasteiger partial charge in [-0.3, -0.25) is 0 Å². The van der Waals surface area contributed by atoms with Crippen LogP contribution in [0.5, 0.6) is 0 Å². The Morgan fingerprint density at radius 3 is 2.67 bits per heavy atom. The maximum Gasteiger partial charge on any atom is 0.333 e. The molecule has 0 aliphatic carbocycles. The molecule has 0 bridgehead atoms. The van der Waals surface area contributed by atoms with Gasteiger partial charge in [0.15, 0.2) is 0 Å². The molecule has 3 heteroatoms. The Labute approximate surface area is 92.1 Å². The van der Waals surface area contributed by atoms with Crippen molar-refractivity contribution >= 4 is 5.97 Å². The molecule has 0 amide bonds. The maximum atomic E-state index is 11.3. The number of carbonyl (C=O) groups excluding carboxylic acids is 1. The molecule has 0 aromatic rings. The highest BCUT2D eigenvalue weighted by molar-refractivity contribution is 5.87. The first-order chi connectivity index (χ1) is 7.22. The highest BCUT2D eigenvalue weighted by Crippen LogP contribution is 2.03. The van der Waals surface area contributed by atoms with E-state index in [-0.39, 0.29) is 12.6 Å². The van der Waals surface area contributed by atoms with Crippen molar-refractivity contribution in [2.24, 2.45) is 0 Å². The average molecular weight is 214 g/mol. The van der Waals surface area contributed by atoms with Crippen LogP contribution in [0.4, 0.5) is 0 Å². The lowest BCUT2D eigenvalue weighted by Gasteiger charge is -2.04. The Morgan fingerprint density at radius 1 is 1.33 bits per heavy atom. The van der Waals surface area contributed by atoms with Gasteiger partial charge in [0.25, 0.3) is 0 Å². The third-order valence-electron chi connectivity index (χ3n) is 2.12. The molecule has 0 spiro atoms. The third kappa shape index (κ3) is 8.18. The van der Waals surface area contributed by atoms with Gasteiger partial charge in [-0.2, -0.15) is 0 Å². The van der Waals surface area contributed by atoms with Gasteiger partial charge < -0.3 is 9.84 Å². The van der Waals surface area contributed by atoms with Crippen LogP contribution < -0.4 is 0 Å². The van der Waals surface area contributed by atoms with Crippen LogP contribution in [0.2, 0.25) is 0 Å². The van der Waals surface area contributed by atoms with E-state index in [0.717, 1.165) is 25.7 Å². The SMILES string of the molecule is CCCCC=C(C)C(=O)OCCCCO. The number of allylic oxidation sites excluding steroid dienone is 1. The van der Waals surface area contributed by atoms with E-state index in [4.69, 9.17) is 9.84 Å². The Hall–Kier alpha value is -0.830. The molecule has 1 N–H and O–H groups in total. The smallest absolute Gasteiger partial charge is 0.333 e. The number of aliphatic hydroxyl groups is 1. The lowest BCUT2D eigenvalue weighted by atomic mass is 10.2. The number of hydrogen-bond acceptors (Lipinski definition) is 3. The summed E-state index contributed by atoms with van der Waals surface area (Å²) >= 11 is 0. The minimum absolute atomic E-state index is 0.156. The average Bonchev–Trinajstić information content (AvgIpc) is 2.24. The second-order valence-electron chi connectivity index (χ2n) is 3.60. The van der Waals surface area contributed by atoms with E-state index in [2.05, 4.69) is 6.92 Å². The highest BCUT2D eigenvalue weighted by atomic mass is 16.5. The first kappa shape index (κ1) is 14.2. The zero-order valence-corrected chi connectivity index (χ0v) is 9.79. The zero-order valence-electron chi connectivity index (χ0n) is 9.79. The lowest BCUT2D eigenvalue weighted by molar-refractivity contribution is -0.139. The van der Waals surface area contributed by atoms with Crippen LogP contribution in [-0.2, 0) is 9.53 Å². The minimum atomic E-state index is -0.232. The molecule has 0 fully saturated rings. The first-order valence-electron chi connectivity index (χ1n) is 5.67. The molecule has 0 saturated heterocycles. The number of aliphatic hydroxyl groups excluding tert-OH is 1. The third-order valence-corrected chi connectivity index (χ3v) is 2.12. The van der Waals surface area contributed by atoms with Gasteiger partial charge in [-0.25, -0.2) is 4.79 Å². The van der Waals surface area contributed by atoms with E-state index >= 15 is 0 Å². The normalized spacial score (nSPS) is 11.5. The number of unbranched alkanes of at least 4 members (excludes halogenated alkanes) is 3. The molecule has 88 valence electrons. The Bertz CT molecular complexity index is 197. The molecule has 0 aliphatic rings. The fourth-order valence-electron chi connectivity index (χ4n) is 1.10. The van der Waals surface area contributed by atoms with Crippen molar-refractivity contribution in [1.29, 1.82) is 0 Å². The molecule has 0 saturated carbocycles. The summed E-state index contributed by atoms with van der Waals surface area (Å²) in [6, 6.07) is 0. The van der Waals surface area contributed by atoms with Gasteiger partial charge in [-0.15, -0.1) is 0 Å². The van der Waals surface area contributed by atoms with Crippen LogP contribution in [0.15, 0.2) is 11.6 Å². The molecular formula is C12H22O3. The predicted molar refractivity (Wildman–Crippen MR) is 60.6 cm³/mol. The molecule has 0 heterocycles. The molecular weight excluding hydrogens is 192 g/mol. The summed E-state index contributed by atoms with van der Waals surface area (Å²) < 4.78 is 5.02. The summed E-state index contributed by atoms with van der Waals surface area (Å²) in [5.74, 6) is -0.232. The number of esters is 1. The number of ether oxygens (including phenoxy) is 1. The number of carbonyl (C=O) groups is 1. The Morgan fingerprint density at radius 2 is 2.07 bits per heavy atom. The van der Waals surface area contributed by atoms with Crippen LogP contribution in [0.3, 0.4) is 0 Å². The summed E-state index contributed by atoms with van der Waals surface area (Å²) in [6.07, 6.45) is 6.52. The quantitative estimate of drug-likeness (QED) is 0.383. The van der Waals surface area contributed by atoms with Crippen molar-refractivity contribution < 1.29 is 14.6 Å². The monoisotopic (exact) mass is 214 g/mol. The molecule has 0 atom stereocenters. The summed E-state index contributed by atoms with van der Waals surface area (Å²) in [6.45, 7) is 4.46. The van der Waals surface area contributed by atoms with E-state index in [1.165, 1.54) is 0 Å². The first-order valence-corrected chi connectivity index (χ1v) is 5.67. The van der Waals surface area contributed by atoms with E-state index in [9.17, 15) is 4.79 Å². The van der Waals surface area contributed by atoms with Crippen molar-refractivity contribution in [2.75, 3.05) is 13.2 Å². The predicted octanol–water partition coefficient (Wildman–Crippen LogP) is 2.44. The van der Waals surface area contributed by atoms with Crippen LogP contribution >= 0.6 is 0 Å². The van der Waals surface area contributed by atoms with Crippen LogP contribution in [0, 0.1) is 0 Å². The van der Waals surface area contributed by atoms with Gasteiger partial charge in [0.2, 0.25) is 0 Å². The fourth-order valence-corrected chi connectivity index (χ4v) is 1.10. The molecule has 0 aromatic carbocycles. The fraction of sp³-hybridized carbons (Fsp3) is 0.750. The Balaban J connectivity index is 3.63. The van der Waals surface area contributed by atoms with Gasteiger partial charge >= 0.3 is 5.97 Å². The lowest BCUT2D eigenvalue weighted by Crippen LogP contribution is -2.07. The van der Waals surface area contributed by atoms with E-state index in [1.54, 1.807) is 6.92 Å². The molecule has 3 nitrogen and oxygen atoms in total. The minimum Gasteiger partial charge on any atom is -0.462 e. The number of rotatable bonds is 8. The van der Waals surface area contributed by atoms with E-state index < -0.39 is 0 Å². The Kier molecular flexibility index (Phi) is 9.18. The van der Waals surface area contributed by atoms with Crippen molar-refractivity contribution in [1.82, 2.24) is 0 Å². The summed E-state index contributed by atoms with van der Waals surface area (Å²) in [4.78, 5) is 11.3. The van der Waals surface area contributed by atoms with Crippen molar-refractivity contribution in [2.45, 2.75) is 46.0 Å². The van der Waals surface area contributed by atoms with Crippen molar-refractivity contribution in [3.8, 4) is 0 Å². The van der Waals surface area contributed by atoms with Crippen LogP contribution in [0.25, 0.3) is 0 Å². The summed E-state index contributed by atoms with van der Waals surface area (Å²) in [5.41, 5.74) is 0.687. The summed E-state index contributed by atoms with van der Waals surface area (Å²) in [5, 5.41) is 8.53. The van der Waals surface area contributed by atoms with Gasteiger partial charge in [0, 0.05) is 12.2 Å². The second-order valence-corrected chi connectivity index (χ2v) is 3.60. The van der Waals surface area contributed by atoms with Crippen molar-refractivity contribution in [3.63, 3.8) is 0 Å². The molecule has 0 unspecified atom stereocenters. The summed E-state index contributed by atoms with van der Waals surface area (Å²) in [7, 11) is 0. The zero-order chi connectivity index (χ0) is 11.5. The second kappa shape index (κ2) is 9.71. The molecule has 0 rings (SSSR count). The highest BCUT2D eigenvalue weighted by Gasteiger charge is 2.04. The maximum absolute atomic E-state index is 11.3. The van der Waals surface area contributed by atoms with E-state index in [1.807, 2.05) is 6.08 Å². The molecule has 0 aromatic heterocycles. The molecule has 0 aliphatic heterocycles. The standard InChI is InChI=1S/C12H22O3/c1-3-4-5-8-11(2)12(14)15-10-7-6-9-13/h8,13H,3-7,9-10H2,1-2H3. The number of hydrogen-bond donors (Lipinski definition) is 1.